The second-order valence-electron chi connectivity index (χ2n) is 8.52. The van der Waals surface area contributed by atoms with Crippen LogP contribution in [0.3, 0.4) is 0 Å². The molecule has 2 aromatic heterocycles. The van der Waals surface area contributed by atoms with E-state index in [1.165, 1.54) is 10.6 Å². The van der Waals surface area contributed by atoms with Gasteiger partial charge in [0.2, 0.25) is 5.88 Å². The van der Waals surface area contributed by atoms with Crippen molar-refractivity contribution >= 4 is 17.4 Å². The van der Waals surface area contributed by atoms with E-state index in [0.29, 0.717) is 23.2 Å². The Morgan fingerprint density at radius 1 is 1.18 bits per heavy atom. The van der Waals surface area contributed by atoms with Gasteiger partial charge in [-0.15, -0.1) is 0 Å². The van der Waals surface area contributed by atoms with Gasteiger partial charge < -0.3 is 15.2 Å². The number of carboxylic acid groups (broad SMARTS) is 1. The molecule has 2 N–H and O–H groups in total. The highest BCUT2D eigenvalue weighted by Crippen LogP contribution is 2.25. The zero-order valence-electron chi connectivity index (χ0n) is 19.0. The molecule has 3 rings (SSSR count). The van der Waals surface area contributed by atoms with Crippen LogP contribution in [0.1, 0.15) is 53.9 Å². The largest absolute Gasteiger partial charge is 0.481 e. The Morgan fingerprint density at radius 3 is 2.45 bits per heavy atom. The lowest BCUT2D eigenvalue weighted by molar-refractivity contribution is -0.137. The minimum absolute atomic E-state index is 0.191. The summed E-state index contributed by atoms with van der Waals surface area (Å²) in [6.45, 7) is 7.01. The molecular weight excluding hydrogens is 432 g/mol. The predicted octanol–water partition coefficient (Wildman–Crippen LogP) is 4.43. The summed E-state index contributed by atoms with van der Waals surface area (Å²) in [6, 6.07) is 6.45. The lowest BCUT2D eigenvalue weighted by atomic mass is 10.0. The third kappa shape index (κ3) is 5.66. The van der Waals surface area contributed by atoms with E-state index in [4.69, 9.17) is 4.74 Å². The van der Waals surface area contributed by atoms with Crippen molar-refractivity contribution in [1.82, 2.24) is 14.9 Å². The molecule has 0 spiro atoms. The number of rotatable bonds is 9. The van der Waals surface area contributed by atoms with Crippen LogP contribution in [0, 0.1) is 31.4 Å². The summed E-state index contributed by atoms with van der Waals surface area (Å²) in [7, 11) is 0. The van der Waals surface area contributed by atoms with Gasteiger partial charge in [-0.3, -0.25) is 9.59 Å². The van der Waals surface area contributed by atoms with Gasteiger partial charge in [-0.25, -0.2) is 8.78 Å². The average molecular weight is 459 g/mol. The quantitative estimate of drug-likeness (QED) is 0.494. The minimum Gasteiger partial charge on any atom is -0.481 e. The third-order valence-corrected chi connectivity index (χ3v) is 5.19. The number of carbonyl (C=O) groups is 2. The first-order valence-electron chi connectivity index (χ1n) is 10.6. The molecule has 176 valence electrons. The number of nitrogens with one attached hydrogen (secondary N) is 1. The zero-order chi connectivity index (χ0) is 24.3. The van der Waals surface area contributed by atoms with Crippen LogP contribution in [0.4, 0.5) is 8.78 Å². The van der Waals surface area contributed by atoms with Crippen molar-refractivity contribution in [3.05, 3.63) is 64.4 Å². The first kappa shape index (κ1) is 24.2. The maximum Gasteiger partial charge on any atom is 0.305 e. The van der Waals surface area contributed by atoms with Crippen molar-refractivity contribution < 1.29 is 28.2 Å². The van der Waals surface area contributed by atoms with Gasteiger partial charge in [0.1, 0.15) is 18.2 Å². The Balaban J connectivity index is 1.93. The van der Waals surface area contributed by atoms with Gasteiger partial charge in [-0.05, 0) is 49.9 Å². The zero-order valence-corrected chi connectivity index (χ0v) is 19.0. The molecule has 0 saturated heterocycles. The van der Waals surface area contributed by atoms with E-state index < -0.39 is 29.6 Å². The number of pyridine rings is 1. The number of fused-ring (bicyclic) bond motifs is 1. The molecule has 2 heterocycles. The molecule has 1 unspecified atom stereocenters. The molecule has 7 nitrogen and oxygen atoms in total. The number of ether oxygens (including phenoxy) is 1. The maximum atomic E-state index is 14.0. The summed E-state index contributed by atoms with van der Waals surface area (Å²) in [4.78, 5) is 24.3. The third-order valence-electron chi connectivity index (χ3n) is 5.19. The molecule has 0 aliphatic rings. The fourth-order valence-corrected chi connectivity index (χ4v) is 3.79. The van der Waals surface area contributed by atoms with Crippen molar-refractivity contribution in [3.63, 3.8) is 0 Å². The molecule has 0 fully saturated rings. The molecule has 9 heteroatoms. The molecule has 0 saturated carbocycles. The number of aliphatic carboxylic acids is 1. The van der Waals surface area contributed by atoms with Crippen LogP contribution >= 0.6 is 0 Å². The van der Waals surface area contributed by atoms with Crippen molar-refractivity contribution in [2.75, 3.05) is 0 Å². The van der Waals surface area contributed by atoms with Crippen LogP contribution in [0.5, 0.6) is 5.88 Å². The fraction of sp³-hybridized carbons (Fsp3) is 0.375. The maximum absolute atomic E-state index is 14.0. The Hall–Kier alpha value is -3.49. The van der Waals surface area contributed by atoms with E-state index >= 15 is 0 Å². The molecule has 0 aliphatic carbocycles. The Bertz CT molecular complexity index is 1170. The van der Waals surface area contributed by atoms with Crippen LogP contribution in [-0.2, 0) is 11.4 Å². The van der Waals surface area contributed by atoms with Crippen LogP contribution in [-0.4, -0.2) is 32.6 Å². The average Bonchev–Trinajstić information content (AvgIpc) is 3.02. The Kier molecular flexibility index (Phi) is 7.30. The van der Waals surface area contributed by atoms with E-state index in [2.05, 4.69) is 10.4 Å². The summed E-state index contributed by atoms with van der Waals surface area (Å²) >= 11 is 0. The molecule has 1 aromatic carbocycles. The minimum atomic E-state index is -0.996. The van der Waals surface area contributed by atoms with Gasteiger partial charge in [0, 0.05) is 12.1 Å². The number of benzene rings is 1. The standard InChI is InChI=1S/C24H27F2N3O4/c1-13(2)8-16(11-22(30)31)27-24(32)23-15(4)28-29-20(23)9-14(3)10-21(29)33-12-17-18(25)6-5-7-19(17)26/h5-7,9-10,13,16H,8,11-12H2,1-4H3,(H,27,32)(H,30,31). The monoisotopic (exact) mass is 459 g/mol. The van der Waals surface area contributed by atoms with Gasteiger partial charge in [-0.1, -0.05) is 19.9 Å². The Labute approximate surface area is 190 Å². The molecule has 3 aromatic rings. The molecule has 1 amide bonds. The summed E-state index contributed by atoms with van der Waals surface area (Å²) in [5.41, 5.74) is 1.70. The Morgan fingerprint density at radius 2 is 1.85 bits per heavy atom. The SMILES string of the molecule is Cc1cc(OCc2c(F)cccc2F)n2nc(C)c(C(=O)NC(CC(=O)O)CC(C)C)c2c1. The second-order valence-corrected chi connectivity index (χ2v) is 8.52. The highest BCUT2D eigenvalue weighted by molar-refractivity contribution is 6.02. The lowest BCUT2D eigenvalue weighted by Gasteiger charge is -2.19. The smallest absolute Gasteiger partial charge is 0.305 e. The number of halogens is 2. The molecule has 33 heavy (non-hydrogen) atoms. The molecule has 0 radical (unpaired) electrons. The first-order valence-corrected chi connectivity index (χ1v) is 10.6. The summed E-state index contributed by atoms with van der Waals surface area (Å²) in [5, 5.41) is 16.4. The predicted molar refractivity (Wildman–Crippen MR) is 118 cm³/mol. The van der Waals surface area contributed by atoms with Crippen molar-refractivity contribution in [2.45, 2.75) is 53.2 Å². The van der Waals surface area contributed by atoms with Gasteiger partial charge in [0.05, 0.1) is 28.8 Å². The number of aryl methyl sites for hydroxylation is 2. The second kappa shape index (κ2) is 9.97. The van der Waals surface area contributed by atoms with Crippen molar-refractivity contribution in [1.29, 1.82) is 0 Å². The number of nitrogens with zero attached hydrogens (tertiary/aromatic N) is 2. The number of amides is 1. The lowest BCUT2D eigenvalue weighted by Crippen LogP contribution is -2.37. The topological polar surface area (TPSA) is 92.9 Å². The summed E-state index contributed by atoms with van der Waals surface area (Å²) < 4.78 is 35.1. The molecular formula is C24H27F2N3O4. The normalized spacial score (nSPS) is 12.2. The van der Waals surface area contributed by atoms with Gasteiger partial charge in [-0.2, -0.15) is 9.61 Å². The number of hydrogen-bond donors (Lipinski definition) is 2. The van der Waals surface area contributed by atoms with E-state index in [9.17, 15) is 23.5 Å². The van der Waals surface area contributed by atoms with E-state index in [1.807, 2.05) is 13.8 Å². The van der Waals surface area contributed by atoms with E-state index in [-0.39, 0.29) is 30.4 Å². The number of carbonyl (C=O) groups excluding carboxylic acids is 1. The van der Waals surface area contributed by atoms with Gasteiger partial charge in [0.25, 0.3) is 5.91 Å². The van der Waals surface area contributed by atoms with Crippen LogP contribution in [0.25, 0.3) is 5.52 Å². The molecule has 1 atom stereocenters. The first-order chi connectivity index (χ1) is 15.6. The number of hydrogen-bond acceptors (Lipinski definition) is 4. The van der Waals surface area contributed by atoms with Crippen LogP contribution in [0.15, 0.2) is 30.3 Å². The summed E-state index contributed by atoms with van der Waals surface area (Å²) in [6.07, 6.45) is 0.321. The number of aromatic nitrogens is 2. The van der Waals surface area contributed by atoms with E-state index in [1.54, 1.807) is 26.0 Å². The number of carboxylic acids is 1. The molecule has 0 aliphatic heterocycles. The van der Waals surface area contributed by atoms with Crippen molar-refractivity contribution in [2.24, 2.45) is 5.92 Å². The summed E-state index contributed by atoms with van der Waals surface area (Å²) in [5.74, 6) is -2.45. The van der Waals surface area contributed by atoms with Crippen LogP contribution < -0.4 is 10.1 Å². The highest BCUT2D eigenvalue weighted by atomic mass is 19.1. The van der Waals surface area contributed by atoms with Crippen LogP contribution in [0.2, 0.25) is 0 Å². The molecule has 0 bridgehead atoms. The van der Waals surface area contributed by atoms with Crippen molar-refractivity contribution in [3.8, 4) is 5.88 Å². The van der Waals surface area contributed by atoms with E-state index in [0.717, 1.165) is 17.7 Å². The highest BCUT2D eigenvalue weighted by Gasteiger charge is 2.24. The van der Waals surface area contributed by atoms with Gasteiger partial charge >= 0.3 is 5.97 Å². The van der Waals surface area contributed by atoms with Gasteiger partial charge in [0.15, 0.2) is 0 Å². The fourth-order valence-electron chi connectivity index (χ4n) is 3.79.